The zero-order chi connectivity index (χ0) is 23.0. The highest BCUT2D eigenvalue weighted by molar-refractivity contribution is 7.71. The molecule has 2 aromatic heterocycles. The van der Waals surface area contributed by atoms with Crippen molar-refractivity contribution in [3.63, 3.8) is 0 Å². The zero-order valence-electron chi connectivity index (χ0n) is 17.8. The van der Waals surface area contributed by atoms with Crippen LogP contribution >= 0.6 is 12.2 Å². The smallest absolute Gasteiger partial charge is 0.385 e. The lowest BCUT2D eigenvalue weighted by molar-refractivity contribution is -0.136. The molecule has 3 rings (SSSR count). The Morgan fingerprint density at radius 1 is 1.16 bits per heavy atom. The Balaban J connectivity index is 2.30. The van der Waals surface area contributed by atoms with Crippen molar-refractivity contribution in [3.8, 4) is 11.3 Å². The predicted octanol–water partition coefficient (Wildman–Crippen LogP) is 5.47. The van der Waals surface area contributed by atoms with Crippen LogP contribution in [-0.2, 0) is 22.9 Å². The van der Waals surface area contributed by atoms with E-state index in [1.54, 1.807) is 12.1 Å². The summed E-state index contributed by atoms with van der Waals surface area (Å²) >= 11 is 5.22. The van der Waals surface area contributed by atoms with Crippen LogP contribution in [0.15, 0.2) is 35.1 Å². The van der Waals surface area contributed by atoms with Gasteiger partial charge in [0.15, 0.2) is 4.77 Å². The van der Waals surface area contributed by atoms with Gasteiger partial charge in [-0.25, -0.2) is 4.98 Å². The molecule has 2 heterocycles. The van der Waals surface area contributed by atoms with Crippen LogP contribution in [-0.4, -0.2) is 28.3 Å². The summed E-state index contributed by atoms with van der Waals surface area (Å²) in [6.45, 7) is 6.81. The number of nitrogens with one attached hydrogen (secondary N) is 1. The molecule has 0 amide bonds. The highest BCUT2D eigenvalue weighted by Gasteiger charge is 2.35. The van der Waals surface area contributed by atoms with E-state index >= 15 is 0 Å². The number of rotatable bonds is 5. The third kappa shape index (κ3) is 4.88. The van der Waals surface area contributed by atoms with Gasteiger partial charge in [-0.1, -0.05) is 45.0 Å². The second-order valence-electron chi connectivity index (χ2n) is 8.34. The van der Waals surface area contributed by atoms with E-state index in [-0.39, 0.29) is 28.1 Å². The van der Waals surface area contributed by atoms with Crippen molar-refractivity contribution >= 4 is 23.3 Å². The van der Waals surface area contributed by atoms with Gasteiger partial charge in [-0.3, -0.25) is 9.78 Å². The molecule has 0 aliphatic heterocycles. The minimum absolute atomic E-state index is 0.0226. The number of aryl methyl sites for hydroxylation is 1. The molecule has 9 heteroatoms. The Kier molecular flexibility index (Phi) is 6.38. The van der Waals surface area contributed by atoms with Crippen molar-refractivity contribution in [1.29, 1.82) is 0 Å². The standard InChI is InChI=1S/C22H24F3N3O2S/c1-21(2,3)14-8-6-13(7-9-14)16-12-15(22(23,24)25)17-18(26-16)28(10-5-11-30-4)20(31)27-19(17)29/h6-9,12H,5,10-11H2,1-4H3,(H,27,29,31). The zero-order valence-corrected chi connectivity index (χ0v) is 18.6. The fourth-order valence-corrected chi connectivity index (χ4v) is 3.63. The van der Waals surface area contributed by atoms with Crippen LogP contribution < -0.4 is 5.56 Å². The van der Waals surface area contributed by atoms with Crippen molar-refractivity contribution in [1.82, 2.24) is 14.5 Å². The maximum Gasteiger partial charge on any atom is 0.417 e. The van der Waals surface area contributed by atoms with E-state index in [1.165, 1.54) is 11.7 Å². The number of ether oxygens (including phenoxy) is 1. The third-order valence-electron chi connectivity index (χ3n) is 5.03. The lowest BCUT2D eigenvalue weighted by Crippen LogP contribution is -2.21. The Bertz CT molecular complexity index is 1210. The monoisotopic (exact) mass is 451 g/mol. The van der Waals surface area contributed by atoms with E-state index in [0.29, 0.717) is 18.6 Å². The van der Waals surface area contributed by atoms with Gasteiger partial charge in [0, 0.05) is 25.8 Å². The van der Waals surface area contributed by atoms with Gasteiger partial charge in [0.05, 0.1) is 16.6 Å². The minimum Gasteiger partial charge on any atom is -0.385 e. The fourth-order valence-electron chi connectivity index (χ4n) is 3.36. The van der Waals surface area contributed by atoms with Crippen LogP contribution in [0.5, 0.6) is 0 Å². The van der Waals surface area contributed by atoms with Gasteiger partial charge < -0.3 is 9.30 Å². The van der Waals surface area contributed by atoms with Crippen molar-refractivity contribution in [2.24, 2.45) is 0 Å². The molecule has 0 spiro atoms. The summed E-state index contributed by atoms with van der Waals surface area (Å²) in [6.07, 6.45) is -4.24. The predicted molar refractivity (Wildman–Crippen MR) is 117 cm³/mol. The lowest BCUT2D eigenvalue weighted by atomic mass is 9.86. The summed E-state index contributed by atoms with van der Waals surface area (Å²) in [6, 6.07) is 8.15. The number of halogens is 3. The molecular weight excluding hydrogens is 427 g/mol. The molecule has 1 N–H and O–H groups in total. The van der Waals surface area contributed by atoms with Crippen LogP contribution in [0.2, 0.25) is 0 Å². The molecule has 1 aromatic carbocycles. The summed E-state index contributed by atoms with van der Waals surface area (Å²) in [5.41, 5.74) is -0.430. The van der Waals surface area contributed by atoms with Crippen molar-refractivity contribution < 1.29 is 17.9 Å². The third-order valence-corrected chi connectivity index (χ3v) is 5.35. The van der Waals surface area contributed by atoms with Crippen LogP contribution in [0.25, 0.3) is 22.3 Å². The maximum atomic E-state index is 13.9. The molecule has 0 saturated heterocycles. The van der Waals surface area contributed by atoms with Crippen molar-refractivity contribution in [2.45, 2.75) is 45.3 Å². The van der Waals surface area contributed by atoms with Gasteiger partial charge in [0.1, 0.15) is 5.65 Å². The van der Waals surface area contributed by atoms with E-state index < -0.39 is 22.7 Å². The first-order chi connectivity index (χ1) is 14.4. The van der Waals surface area contributed by atoms with Gasteiger partial charge in [-0.05, 0) is 35.7 Å². The van der Waals surface area contributed by atoms with Gasteiger partial charge in [0.25, 0.3) is 5.56 Å². The topological polar surface area (TPSA) is 59.9 Å². The molecule has 0 unspecified atom stereocenters. The van der Waals surface area contributed by atoms with Gasteiger partial charge in [0.2, 0.25) is 0 Å². The van der Waals surface area contributed by atoms with E-state index in [1.807, 2.05) is 12.1 Å². The number of aromatic amines is 1. The highest BCUT2D eigenvalue weighted by atomic mass is 32.1. The first-order valence-electron chi connectivity index (χ1n) is 9.78. The van der Waals surface area contributed by atoms with Crippen LogP contribution in [0.3, 0.4) is 0 Å². The summed E-state index contributed by atoms with van der Waals surface area (Å²) < 4.78 is 48.2. The number of methoxy groups -OCH3 is 1. The van der Waals surface area contributed by atoms with Gasteiger partial charge >= 0.3 is 6.18 Å². The molecular formula is C22H24F3N3O2S. The number of aromatic nitrogens is 3. The average Bonchev–Trinajstić information content (AvgIpc) is 2.68. The van der Waals surface area contributed by atoms with E-state index in [0.717, 1.165) is 11.6 Å². The second-order valence-corrected chi connectivity index (χ2v) is 8.72. The summed E-state index contributed by atoms with van der Waals surface area (Å²) in [4.78, 5) is 19.2. The molecule has 0 aliphatic rings. The molecule has 0 saturated carbocycles. The van der Waals surface area contributed by atoms with Gasteiger partial charge in [-0.2, -0.15) is 13.2 Å². The summed E-state index contributed by atoms with van der Waals surface area (Å²) in [7, 11) is 1.53. The molecule has 0 fully saturated rings. The van der Waals surface area contributed by atoms with Gasteiger partial charge in [-0.15, -0.1) is 0 Å². The minimum atomic E-state index is -4.73. The van der Waals surface area contributed by atoms with E-state index in [2.05, 4.69) is 30.7 Å². The molecule has 0 aliphatic carbocycles. The normalized spacial score (nSPS) is 12.5. The number of fused-ring (bicyclic) bond motifs is 1. The largest absolute Gasteiger partial charge is 0.417 e. The SMILES string of the molecule is COCCCn1c(=S)[nH]c(=O)c2c(C(F)(F)F)cc(-c3ccc(C(C)(C)C)cc3)nc21. The van der Waals surface area contributed by atoms with Crippen LogP contribution in [0.1, 0.15) is 38.3 Å². The Labute approximate surface area is 182 Å². The van der Waals surface area contributed by atoms with E-state index in [9.17, 15) is 18.0 Å². The molecule has 31 heavy (non-hydrogen) atoms. The summed E-state index contributed by atoms with van der Waals surface area (Å²) in [5, 5.41) is -0.520. The number of pyridine rings is 1. The second kappa shape index (κ2) is 8.55. The molecule has 5 nitrogen and oxygen atoms in total. The number of nitrogens with zero attached hydrogens (tertiary/aromatic N) is 2. The molecule has 166 valence electrons. The number of alkyl halides is 3. The van der Waals surface area contributed by atoms with Crippen molar-refractivity contribution in [2.75, 3.05) is 13.7 Å². The van der Waals surface area contributed by atoms with Crippen LogP contribution in [0.4, 0.5) is 13.2 Å². The number of hydrogen-bond acceptors (Lipinski definition) is 4. The quantitative estimate of drug-likeness (QED) is 0.413. The fraction of sp³-hybridized carbons (Fsp3) is 0.409. The number of H-pyrrole nitrogens is 1. The lowest BCUT2D eigenvalue weighted by Gasteiger charge is -2.19. The Hall–Kier alpha value is -2.52. The van der Waals surface area contributed by atoms with E-state index in [4.69, 9.17) is 17.0 Å². The first kappa shape index (κ1) is 23.1. The molecule has 0 radical (unpaired) electrons. The molecule has 0 atom stereocenters. The average molecular weight is 452 g/mol. The Morgan fingerprint density at radius 2 is 1.81 bits per heavy atom. The number of hydrogen-bond donors (Lipinski definition) is 1. The maximum absolute atomic E-state index is 13.9. The highest BCUT2D eigenvalue weighted by Crippen LogP contribution is 2.36. The Morgan fingerprint density at radius 3 is 2.35 bits per heavy atom. The van der Waals surface area contributed by atoms with Crippen molar-refractivity contribution in [3.05, 3.63) is 56.6 Å². The first-order valence-corrected chi connectivity index (χ1v) is 10.2. The summed E-state index contributed by atoms with van der Waals surface area (Å²) in [5.74, 6) is 0. The molecule has 0 bridgehead atoms. The van der Waals surface area contributed by atoms with Crippen LogP contribution in [0, 0.1) is 4.77 Å². The molecule has 3 aromatic rings. The number of benzene rings is 1.